The van der Waals surface area contributed by atoms with Crippen LogP contribution in [0.1, 0.15) is 33.6 Å². The highest BCUT2D eigenvalue weighted by Gasteiger charge is 2.07. The van der Waals surface area contributed by atoms with Crippen LogP contribution in [0.3, 0.4) is 0 Å². The third-order valence-corrected chi connectivity index (χ3v) is 1.62. The maximum atomic E-state index is 3.40. The van der Waals surface area contributed by atoms with Gasteiger partial charge in [-0.05, 0) is 18.3 Å². The van der Waals surface area contributed by atoms with Crippen molar-refractivity contribution in [1.29, 1.82) is 0 Å². The van der Waals surface area contributed by atoms with Crippen LogP contribution >= 0.6 is 15.9 Å². The minimum atomic E-state index is 0. The van der Waals surface area contributed by atoms with Gasteiger partial charge in [-0.1, -0.05) is 36.7 Å². The summed E-state index contributed by atoms with van der Waals surface area (Å²) in [5, 5.41) is 1.14. The zero-order chi connectivity index (χ0) is 6.62. The van der Waals surface area contributed by atoms with Crippen molar-refractivity contribution in [2.24, 2.45) is 5.41 Å². The molecule has 0 radical (unpaired) electrons. The third kappa shape index (κ3) is 11.8. The van der Waals surface area contributed by atoms with E-state index >= 15 is 0 Å². The molecule has 0 unspecified atom stereocenters. The van der Waals surface area contributed by atoms with Crippen LogP contribution in [-0.4, -0.2) is 5.33 Å². The second kappa shape index (κ2) is 5.21. The van der Waals surface area contributed by atoms with Crippen LogP contribution in [0, 0.1) is 5.41 Å². The first kappa shape index (κ1) is 12.1. The van der Waals surface area contributed by atoms with Crippen molar-refractivity contribution in [1.82, 2.24) is 0 Å². The lowest BCUT2D eigenvalue weighted by molar-refractivity contribution is 0.375. The summed E-state index contributed by atoms with van der Waals surface area (Å²) in [4.78, 5) is 0. The summed E-state index contributed by atoms with van der Waals surface area (Å²) in [5.74, 6) is 0. The fourth-order valence-electron chi connectivity index (χ4n) is 0.597. The van der Waals surface area contributed by atoms with E-state index in [1.54, 1.807) is 0 Å². The zero-order valence-corrected chi connectivity index (χ0v) is 7.99. The fraction of sp³-hybridized carbons (Fsp3) is 1.00. The fourth-order valence-corrected chi connectivity index (χ4v) is 0.878. The molecule has 0 aliphatic heterocycles. The summed E-state index contributed by atoms with van der Waals surface area (Å²) >= 11 is 3.40. The molecule has 0 aromatic heterocycles. The molecule has 0 amide bonds. The van der Waals surface area contributed by atoms with Gasteiger partial charge in [-0.25, -0.2) is 0 Å². The Morgan fingerprint density at radius 1 is 1.22 bits per heavy atom. The van der Waals surface area contributed by atoms with Crippen molar-refractivity contribution in [3.63, 3.8) is 0 Å². The number of hydrogen-bond acceptors (Lipinski definition) is 0. The molecule has 0 N–H and O–H groups in total. The standard InChI is InChI=1S/C7H15Br.FH/c1-7(2,3)5-4-6-8;/h4-6H2,1-3H3;1H. The van der Waals surface area contributed by atoms with Crippen LogP contribution in [0.5, 0.6) is 0 Å². The number of rotatable bonds is 2. The van der Waals surface area contributed by atoms with E-state index in [2.05, 4.69) is 36.7 Å². The smallest absolute Gasteiger partial charge is 0.00315 e. The van der Waals surface area contributed by atoms with Crippen LogP contribution in [-0.2, 0) is 0 Å². The van der Waals surface area contributed by atoms with Gasteiger partial charge in [-0.2, -0.15) is 0 Å². The van der Waals surface area contributed by atoms with Gasteiger partial charge in [-0.15, -0.1) is 0 Å². The lowest BCUT2D eigenvalue weighted by Crippen LogP contribution is -2.03. The molecule has 0 fully saturated rings. The van der Waals surface area contributed by atoms with E-state index in [1.165, 1.54) is 12.8 Å². The number of hydrogen-bond donors (Lipinski definition) is 0. The number of halogens is 2. The van der Waals surface area contributed by atoms with Crippen molar-refractivity contribution in [3.8, 4) is 0 Å². The van der Waals surface area contributed by atoms with Crippen LogP contribution in [0.25, 0.3) is 0 Å². The topological polar surface area (TPSA) is 0 Å². The van der Waals surface area contributed by atoms with Crippen molar-refractivity contribution in [2.45, 2.75) is 33.6 Å². The summed E-state index contributed by atoms with van der Waals surface area (Å²) < 4.78 is 0. The van der Waals surface area contributed by atoms with E-state index in [0.717, 1.165) is 5.33 Å². The molecular formula is C7H16BrF. The molecule has 0 saturated carbocycles. The van der Waals surface area contributed by atoms with Gasteiger partial charge >= 0.3 is 0 Å². The van der Waals surface area contributed by atoms with E-state index in [-0.39, 0.29) is 4.70 Å². The second-order valence-electron chi connectivity index (χ2n) is 3.35. The Morgan fingerprint density at radius 2 is 1.67 bits per heavy atom. The molecular weight excluding hydrogens is 183 g/mol. The normalized spacial score (nSPS) is 10.7. The predicted octanol–water partition coefficient (Wildman–Crippen LogP) is 3.36. The van der Waals surface area contributed by atoms with Crippen molar-refractivity contribution < 1.29 is 4.70 Å². The highest BCUT2D eigenvalue weighted by molar-refractivity contribution is 9.09. The summed E-state index contributed by atoms with van der Waals surface area (Å²) in [7, 11) is 0. The molecule has 0 aromatic rings. The van der Waals surface area contributed by atoms with Crippen molar-refractivity contribution in [3.05, 3.63) is 0 Å². The lowest BCUT2D eigenvalue weighted by atomic mass is 9.91. The molecule has 0 aliphatic carbocycles. The zero-order valence-electron chi connectivity index (χ0n) is 6.41. The molecule has 0 saturated heterocycles. The Labute approximate surface area is 65.5 Å². The first-order valence-electron chi connectivity index (χ1n) is 3.12. The molecule has 0 bridgehead atoms. The highest BCUT2D eigenvalue weighted by Crippen LogP contribution is 2.20. The van der Waals surface area contributed by atoms with Crippen LogP contribution < -0.4 is 0 Å². The molecule has 0 aliphatic rings. The van der Waals surface area contributed by atoms with Gasteiger partial charge in [-0.3, -0.25) is 4.70 Å². The molecule has 0 aromatic carbocycles. The van der Waals surface area contributed by atoms with Gasteiger partial charge in [0.25, 0.3) is 0 Å². The Morgan fingerprint density at radius 3 is 1.78 bits per heavy atom. The van der Waals surface area contributed by atoms with E-state index in [0.29, 0.717) is 5.41 Å². The van der Waals surface area contributed by atoms with E-state index < -0.39 is 0 Å². The Hall–Kier alpha value is 0.410. The quantitative estimate of drug-likeness (QED) is 0.598. The Bertz CT molecular complexity index is 56.4. The van der Waals surface area contributed by atoms with Gasteiger partial charge in [0, 0.05) is 5.33 Å². The molecule has 58 valence electrons. The second-order valence-corrected chi connectivity index (χ2v) is 4.15. The van der Waals surface area contributed by atoms with Gasteiger partial charge < -0.3 is 0 Å². The Balaban J connectivity index is 0. The average Bonchev–Trinajstić information content (AvgIpc) is 1.59. The van der Waals surface area contributed by atoms with E-state index in [1.807, 2.05) is 0 Å². The van der Waals surface area contributed by atoms with Crippen molar-refractivity contribution >= 4 is 15.9 Å². The van der Waals surface area contributed by atoms with Gasteiger partial charge in [0.15, 0.2) is 0 Å². The Kier molecular flexibility index (Phi) is 7.02. The first-order chi connectivity index (χ1) is 3.56. The van der Waals surface area contributed by atoms with Gasteiger partial charge in [0.1, 0.15) is 0 Å². The minimum absolute atomic E-state index is 0. The molecule has 0 nitrogen and oxygen atoms in total. The van der Waals surface area contributed by atoms with Crippen LogP contribution in [0.2, 0.25) is 0 Å². The molecule has 0 atom stereocenters. The van der Waals surface area contributed by atoms with E-state index in [9.17, 15) is 0 Å². The summed E-state index contributed by atoms with van der Waals surface area (Å²) in [6.45, 7) is 6.82. The number of alkyl halides is 1. The first-order valence-corrected chi connectivity index (χ1v) is 4.24. The third-order valence-electron chi connectivity index (χ3n) is 1.06. The molecule has 0 heterocycles. The summed E-state index contributed by atoms with van der Waals surface area (Å²) in [6.07, 6.45) is 2.61. The van der Waals surface area contributed by atoms with Crippen LogP contribution in [0.4, 0.5) is 4.70 Å². The molecule has 0 spiro atoms. The monoisotopic (exact) mass is 198 g/mol. The maximum Gasteiger partial charge on any atom is 0.00315 e. The highest BCUT2D eigenvalue weighted by atomic mass is 79.9. The van der Waals surface area contributed by atoms with E-state index in [4.69, 9.17) is 0 Å². The predicted molar refractivity (Wildman–Crippen MR) is 45.0 cm³/mol. The molecule has 9 heavy (non-hydrogen) atoms. The largest absolute Gasteiger partial charge is 0.269 e. The van der Waals surface area contributed by atoms with Crippen molar-refractivity contribution in [2.75, 3.05) is 5.33 Å². The van der Waals surface area contributed by atoms with Gasteiger partial charge in [0.2, 0.25) is 0 Å². The maximum absolute atomic E-state index is 3.40. The lowest BCUT2D eigenvalue weighted by Gasteiger charge is -2.16. The van der Waals surface area contributed by atoms with Gasteiger partial charge in [0.05, 0.1) is 0 Å². The summed E-state index contributed by atoms with van der Waals surface area (Å²) in [6, 6.07) is 0. The summed E-state index contributed by atoms with van der Waals surface area (Å²) in [5.41, 5.74) is 0.522. The molecule has 2 heteroatoms. The molecule has 0 rings (SSSR count). The minimum Gasteiger partial charge on any atom is -0.269 e. The SMILES string of the molecule is CC(C)(C)CCCBr.F. The van der Waals surface area contributed by atoms with Crippen LogP contribution in [0.15, 0.2) is 0 Å². The average molecular weight is 199 g/mol.